The lowest BCUT2D eigenvalue weighted by Crippen LogP contribution is -2.30. The lowest BCUT2D eigenvalue weighted by Gasteiger charge is -2.18. The number of allylic oxidation sites excluding steroid dienone is 20. The molecule has 0 aliphatic rings. The van der Waals surface area contributed by atoms with Gasteiger partial charge in [-0.05, 0) is 116 Å². The Kier molecular flexibility index (Phi) is 63.8. The van der Waals surface area contributed by atoms with Crippen molar-refractivity contribution in [1.29, 1.82) is 0 Å². The molecule has 0 radical (unpaired) electrons. The third-order valence-electron chi connectivity index (χ3n) is 14.2. The highest BCUT2D eigenvalue weighted by atomic mass is 16.6. The van der Waals surface area contributed by atoms with E-state index in [9.17, 15) is 14.4 Å². The summed E-state index contributed by atoms with van der Waals surface area (Å²) in [4.78, 5) is 38.3. The van der Waals surface area contributed by atoms with Gasteiger partial charge in [0.05, 0.1) is 0 Å². The van der Waals surface area contributed by atoms with Crippen LogP contribution in [0.2, 0.25) is 0 Å². The van der Waals surface area contributed by atoms with E-state index in [0.29, 0.717) is 19.3 Å². The first-order valence-corrected chi connectivity index (χ1v) is 33.5. The van der Waals surface area contributed by atoms with Crippen LogP contribution in [-0.2, 0) is 28.6 Å². The van der Waals surface area contributed by atoms with E-state index in [-0.39, 0.29) is 31.1 Å². The molecular formula is C74H124O6. The van der Waals surface area contributed by atoms with E-state index in [4.69, 9.17) is 14.2 Å². The molecule has 0 aromatic heterocycles. The van der Waals surface area contributed by atoms with Crippen LogP contribution in [0.4, 0.5) is 0 Å². The first-order chi connectivity index (χ1) is 39.5. The van der Waals surface area contributed by atoms with Gasteiger partial charge in [0.25, 0.3) is 0 Å². The zero-order valence-corrected chi connectivity index (χ0v) is 52.3. The molecule has 1 unspecified atom stereocenters. The Morgan fingerprint density at radius 3 is 0.775 bits per heavy atom. The second kappa shape index (κ2) is 67.3. The minimum atomic E-state index is -0.790. The van der Waals surface area contributed by atoms with Crippen LogP contribution in [0.1, 0.15) is 310 Å². The quantitative estimate of drug-likeness (QED) is 0.0261. The smallest absolute Gasteiger partial charge is 0.306 e. The second-order valence-corrected chi connectivity index (χ2v) is 22.0. The molecule has 0 aromatic rings. The topological polar surface area (TPSA) is 78.9 Å². The summed E-state index contributed by atoms with van der Waals surface area (Å²) in [6, 6.07) is 0. The number of ether oxygens (including phenoxy) is 3. The maximum Gasteiger partial charge on any atom is 0.306 e. The largest absolute Gasteiger partial charge is 0.462 e. The fraction of sp³-hybridized carbons (Fsp3) is 0.689. The summed E-state index contributed by atoms with van der Waals surface area (Å²) in [6.07, 6.45) is 93.5. The van der Waals surface area contributed by atoms with Gasteiger partial charge in [0.2, 0.25) is 0 Å². The van der Waals surface area contributed by atoms with Gasteiger partial charge in [-0.25, -0.2) is 0 Å². The molecule has 0 saturated heterocycles. The SMILES string of the molecule is CC/C=C\C/C=C\C/C=C\C/C=C\C/C=C\C/C=C\C/C=C\C/C=C\C/C=C\CCCCCCCC(=O)OCC(COC(=O)CCCCCCCCCCCCC)OC(=O)CCCCCCCCC/C=C\CCCCCCCCC. The van der Waals surface area contributed by atoms with Gasteiger partial charge in [-0.15, -0.1) is 0 Å². The van der Waals surface area contributed by atoms with Gasteiger partial charge in [0.1, 0.15) is 13.2 Å². The van der Waals surface area contributed by atoms with Gasteiger partial charge < -0.3 is 14.2 Å². The van der Waals surface area contributed by atoms with Crippen LogP contribution in [-0.4, -0.2) is 37.2 Å². The standard InChI is InChI=1S/C74H124O6/c1-4-7-10-13-16-19-22-24-26-28-30-31-32-33-34-35-36-37-38-39-40-41-42-43-44-46-47-49-52-55-58-61-64-67-73(76)79-70-71(69-78-72(75)66-63-60-57-54-51-21-18-15-12-9-6-3)80-74(77)68-65-62-59-56-53-50-48-45-29-27-25-23-20-17-14-11-8-5-2/h7,10,16,19,24,26-27,29-31,33-34,36-37,39-40,42-43,46-47,71H,4-6,8-9,11-15,17-18,20-23,25,28,32,35,38,41,44-45,48-70H2,1-3H3/b10-7-,19-16-,26-24-,29-27-,31-30-,34-33-,37-36-,40-39-,43-42-,47-46-. The van der Waals surface area contributed by atoms with Crippen molar-refractivity contribution in [3.05, 3.63) is 122 Å². The highest BCUT2D eigenvalue weighted by molar-refractivity contribution is 5.71. The van der Waals surface area contributed by atoms with Gasteiger partial charge >= 0.3 is 17.9 Å². The Hall–Kier alpha value is -4.19. The van der Waals surface area contributed by atoms with Crippen molar-refractivity contribution in [3.63, 3.8) is 0 Å². The molecule has 0 fully saturated rings. The monoisotopic (exact) mass is 1110 g/mol. The Labute approximate surface area is 494 Å². The van der Waals surface area contributed by atoms with Crippen molar-refractivity contribution in [2.45, 2.75) is 316 Å². The van der Waals surface area contributed by atoms with Crippen molar-refractivity contribution >= 4 is 17.9 Å². The normalized spacial score (nSPS) is 12.9. The molecule has 1 atom stereocenters. The molecule has 6 nitrogen and oxygen atoms in total. The van der Waals surface area contributed by atoms with Crippen molar-refractivity contribution in [2.75, 3.05) is 13.2 Å². The van der Waals surface area contributed by atoms with E-state index in [1.807, 2.05) is 0 Å². The second-order valence-electron chi connectivity index (χ2n) is 22.0. The van der Waals surface area contributed by atoms with Gasteiger partial charge in [0.15, 0.2) is 6.10 Å². The Bertz CT molecular complexity index is 1650. The number of esters is 3. The van der Waals surface area contributed by atoms with E-state index < -0.39 is 6.10 Å². The molecule has 0 N–H and O–H groups in total. The van der Waals surface area contributed by atoms with Crippen LogP contribution in [0.5, 0.6) is 0 Å². The van der Waals surface area contributed by atoms with Crippen LogP contribution in [0, 0.1) is 0 Å². The van der Waals surface area contributed by atoms with E-state index in [0.717, 1.165) is 135 Å². The van der Waals surface area contributed by atoms with Crippen LogP contribution < -0.4 is 0 Å². The average molecular weight is 1110 g/mol. The number of unbranched alkanes of at least 4 members (excludes halogenated alkanes) is 29. The maximum absolute atomic E-state index is 12.9. The molecule has 0 aromatic carbocycles. The third-order valence-corrected chi connectivity index (χ3v) is 14.2. The molecule has 0 aliphatic carbocycles. The molecule has 0 spiro atoms. The number of hydrogen-bond donors (Lipinski definition) is 0. The molecule has 0 bridgehead atoms. The summed E-state index contributed by atoms with van der Waals surface area (Å²) in [7, 11) is 0. The first kappa shape index (κ1) is 75.8. The summed E-state index contributed by atoms with van der Waals surface area (Å²) in [6.45, 7) is 6.52. The van der Waals surface area contributed by atoms with Crippen molar-refractivity contribution < 1.29 is 28.6 Å². The molecule has 0 amide bonds. The summed E-state index contributed by atoms with van der Waals surface area (Å²) in [5.74, 6) is -0.903. The van der Waals surface area contributed by atoms with Crippen LogP contribution in [0.3, 0.4) is 0 Å². The fourth-order valence-electron chi connectivity index (χ4n) is 9.20. The van der Waals surface area contributed by atoms with E-state index in [2.05, 4.69) is 142 Å². The zero-order chi connectivity index (χ0) is 57.8. The highest BCUT2D eigenvalue weighted by Crippen LogP contribution is 2.16. The van der Waals surface area contributed by atoms with Gasteiger partial charge in [0, 0.05) is 19.3 Å². The lowest BCUT2D eigenvalue weighted by molar-refractivity contribution is -0.167. The molecule has 6 heteroatoms. The maximum atomic E-state index is 12.9. The Balaban J connectivity index is 4.30. The van der Waals surface area contributed by atoms with Crippen LogP contribution in [0.25, 0.3) is 0 Å². The minimum Gasteiger partial charge on any atom is -0.462 e. The molecule has 80 heavy (non-hydrogen) atoms. The summed E-state index contributed by atoms with van der Waals surface area (Å²) >= 11 is 0. The Morgan fingerprint density at radius 2 is 0.487 bits per heavy atom. The summed E-state index contributed by atoms with van der Waals surface area (Å²) in [5, 5.41) is 0. The predicted octanol–water partition coefficient (Wildman–Crippen LogP) is 23.2. The molecular weight excluding hydrogens is 985 g/mol. The zero-order valence-electron chi connectivity index (χ0n) is 52.3. The molecule has 0 aliphatic heterocycles. The summed E-state index contributed by atoms with van der Waals surface area (Å²) in [5.41, 5.74) is 0. The third kappa shape index (κ3) is 64.6. The van der Waals surface area contributed by atoms with Crippen LogP contribution >= 0.6 is 0 Å². The van der Waals surface area contributed by atoms with E-state index in [1.165, 1.54) is 135 Å². The predicted molar refractivity (Wildman–Crippen MR) is 348 cm³/mol. The number of hydrogen-bond acceptors (Lipinski definition) is 6. The fourth-order valence-corrected chi connectivity index (χ4v) is 9.20. The van der Waals surface area contributed by atoms with Gasteiger partial charge in [-0.1, -0.05) is 296 Å². The summed E-state index contributed by atoms with van der Waals surface area (Å²) < 4.78 is 16.9. The van der Waals surface area contributed by atoms with E-state index in [1.54, 1.807) is 0 Å². The van der Waals surface area contributed by atoms with Gasteiger partial charge in [-0.3, -0.25) is 14.4 Å². The van der Waals surface area contributed by atoms with Crippen LogP contribution in [0.15, 0.2) is 122 Å². The molecule has 0 heterocycles. The molecule has 0 saturated carbocycles. The first-order valence-electron chi connectivity index (χ1n) is 33.5. The molecule has 456 valence electrons. The number of carbonyl (C=O) groups is 3. The van der Waals surface area contributed by atoms with Crippen molar-refractivity contribution in [1.82, 2.24) is 0 Å². The van der Waals surface area contributed by atoms with E-state index >= 15 is 0 Å². The average Bonchev–Trinajstić information content (AvgIpc) is 3.46. The van der Waals surface area contributed by atoms with Crippen molar-refractivity contribution in [2.24, 2.45) is 0 Å². The van der Waals surface area contributed by atoms with Crippen molar-refractivity contribution in [3.8, 4) is 0 Å². The van der Waals surface area contributed by atoms with Gasteiger partial charge in [-0.2, -0.15) is 0 Å². The minimum absolute atomic E-state index is 0.0847. The number of carbonyl (C=O) groups excluding carboxylic acids is 3. The Morgan fingerprint density at radius 1 is 0.263 bits per heavy atom. The number of rotatable bonds is 60. The molecule has 0 rings (SSSR count). The lowest BCUT2D eigenvalue weighted by atomic mass is 10.1. The highest BCUT2D eigenvalue weighted by Gasteiger charge is 2.19.